The molecule has 7 nitrogen and oxygen atoms in total. The van der Waals surface area contributed by atoms with Crippen LogP contribution in [0.2, 0.25) is 0 Å². The summed E-state index contributed by atoms with van der Waals surface area (Å²) < 4.78 is 15.8. The Morgan fingerprint density at radius 2 is 2.15 bits per heavy atom. The topological polar surface area (TPSA) is 86.5 Å². The summed E-state index contributed by atoms with van der Waals surface area (Å²) >= 11 is 1.57. The molecule has 1 N–H and O–H groups in total. The monoisotopic (exact) mass is 373 g/mol. The number of carbonyl (C=O) groups excluding carboxylic acids is 1. The van der Waals surface area contributed by atoms with Crippen LogP contribution in [-0.4, -0.2) is 30.3 Å². The second-order valence-electron chi connectivity index (χ2n) is 5.45. The molecule has 0 saturated heterocycles. The molecule has 1 aromatic carbocycles. The number of benzene rings is 1. The van der Waals surface area contributed by atoms with E-state index in [0.717, 1.165) is 11.1 Å². The molecule has 2 aromatic heterocycles. The van der Waals surface area contributed by atoms with E-state index in [4.69, 9.17) is 14.0 Å². The molecule has 8 heteroatoms. The summed E-state index contributed by atoms with van der Waals surface area (Å²) in [5.74, 6) is 2.13. The Kier molecular flexibility index (Phi) is 5.85. The van der Waals surface area contributed by atoms with Gasteiger partial charge in [0.1, 0.15) is 0 Å². The molecule has 0 aliphatic heterocycles. The minimum absolute atomic E-state index is 0.106. The molecule has 136 valence electrons. The lowest BCUT2D eigenvalue weighted by Crippen LogP contribution is -2.23. The first-order valence-corrected chi connectivity index (χ1v) is 8.97. The fourth-order valence-electron chi connectivity index (χ4n) is 2.46. The number of nitrogens with one attached hydrogen (secondary N) is 1. The van der Waals surface area contributed by atoms with Gasteiger partial charge in [-0.25, -0.2) is 0 Å². The van der Waals surface area contributed by atoms with Crippen LogP contribution in [0.3, 0.4) is 0 Å². The number of thiophene rings is 1. The molecule has 0 bridgehead atoms. The van der Waals surface area contributed by atoms with Gasteiger partial charge >= 0.3 is 0 Å². The normalized spacial score (nSPS) is 10.5. The molecule has 0 atom stereocenters. The molecule has 1 amide bonds. The van der Waals surface area contributed by atoms with Crippen molar-refractivity contribution in [1.29, 1.82) is 0 Å². The molecule has 26 heavy (non-hydrogen) atoms. The summed E-state index contributed by atoms with van der Waals surface area (Å²) in [4.78, 5) is 16.4. The largest absolute Gasteiger partial charge is 0.493 e. The van der Waals surface area contributed by atoms with E-state index in [0.29, 0.717) is 36.2 Å². The third-order valence-corrected chi connectivity index (χ3v) is 4.46. The van der Waals surface area contributed by atoms with Gasteiger partial charge in [0.2, 0.25) is 17.6 Å². The van der Waals surface area contributed by atoms with E-state index in [9.17, 15) is 4.79 Å². The number of methoxy groups -OCH3 is 2. The highest BCUT2D eigenvalue weighted by Gasteiger charge is 2.13. The van der Waals surface area contributed by atoms with Crippen molar-refractivity contribution >= 4 is 17.2 Å². The van der Waals surface area contributed by atoms with Crippen LogP contribution in [-0.2, 0) is 17.8 Å². The molecule has 0 aliphatic rings. The van der Waals surface area contributed by atoms with Gasteiger partial charge < -0.3 is 19.3 Å². The van der Waals surface area contributed by atoms with Crippen LogP contribution in [0.25, 0.3) is 11.4 Å². The second kappa shape index (κ2) is 8.48. The van der Waals surface area contributed by atoms with Gasteiger partial charge in [-0.15, -0.1) is 0 Å². The molecule has 0 radical (unpaired) electrons. The van der Waals surface area contributed by atoms with Gasteiger partial charge in [0.15, 0.2) is 11.5 Å². The number of aromatic nitrogens is 2. The minimum atomic E-state index is -0.106. The predicted molar refractivity (Wildman–Crippen MR) is 97.3 cm³/mol. The average molecular weight is 373 g/mol. The number of hydrogen-bond acceptors (Lipinski definition) is 7. The van der Waals surface area contributed by atoms with E-state index < -0.39 is 0 Å². The van der Waals surface area contributed by atoms with Crippen molar-refractivity contribution in [3.05, 3.63) is 46.5 Å². The number of amides is 1. The summed E-state index contributed by atoms with van der Waals surface area (Å²) in [6, 6.07) is 7.47. The van der Waals surface area contributed by atoms with Crippen molar-refractivity contribution in [2.45, 2.75) is 19.4 Å². The Bertz CT molecular complexity index is 861. The number of ether oxygens (including phenoxy) is 2. The van der Waals surface area contributed by atoms with Crippen molar-refractivity contribution < 1.29 is 18.8 Å². The highest BCUT2D eigenvalue weighted by atomic mass is 32.1. The summed E-state index contributed by atoms with van der Waals surface area (Å²) in [6.07, 6.45) is 0.649. The minimum Gasteiger partial charge on any atom is -0.493 e. The number of hydrogen-bond donors (Lipinski definition) is 1. The Hall–Kier alpha value is -2.87. The lowest BCUT2D eigenvalue weighted by atomic mass is 10.1. The van der Waals surface area contributed by atoms with E-state index >= 15 is 0 Å². The molecule has 0 spiro atoms. The van der Waals surface area contributed by atoms with Crippen molar-refractivity contribution in [2.75, 3.05) is 14.2 Å². The zero-order valence-corrected chi connectivity index (χ0v) is 15.3. The van der Waals surface area contributed by atoms with Crippen LogP contribution < -0.4 is 14.8 Å². The smallest absolute Gasteiger partial charge is 0.227 e. The first-order valence-electron chi connectivity index (χ1n) is 8.03. The third kappa shape index (κ3) is 4.20. The Labute approximate surface area is 154 Å². The van der Waals surface area contributed by atoms with Gasteiger partial charge in [0.05, 0.1) is 14.2 Å². The molecule has 3 aromatic rings. The fraction of sp³-hybridized carbons (Fsp3) is 0.278. The summed E-state index contributed by atoms with van der Waals surface area (Å²) in [5.41, 5.74) is 1.76. The Morgan fingerprint density at radius 3 is 2.88 bits per heavy atom. The first-order chi connectivity index (χ1) is 12.7. The number of aryl methyl sites for hydroxylation is 1. The highest BCUT2D eigenvalue weighted by Crippen LogP contribution is 2.30. The second-order valence-corrected chi connectivity index (χ2v) is 6.23. The first kappa shape index (κ1) is 17.9. The highest BCUT2D eigenvalue weighted by molar-refractivity contribution is 7.08. The maximum absolute atomic E-state index is 12.1. The van der Waals surface area contributed by atoms with Gasteiger partial charge in [-0.05, 0) is 17.5 Å². The summed E-state index contributed by atoms with van der Waals surface area (Å²) in [5, 5.41) is 10.7. The quantitative estimate of drug-likeness (QED) is 0.653. The van der Waals surface area contributed by atoms with Crippen LogP contribution in [0.4, 0.5) is 0 Å². The maximum Gasteiger partial charge on any atom is 0.227 e. The van der Waals surface area contributed by atoms with Crippen LogP contribution in [0.15, 0.2) is 39.5 Å². The number of para-hydroxylation sites is 1. The predicted octanol–water partition coefficient (Wildman–Crippen LogP) is 3.06. The average Bonchev–Trinajstić information content (AvgIpc) is 3.35. The SMILES string of the molecule is COc1cccc(CNC(=O)CCc2nc(-c3ccsc3)no2)c1OC. The van der Waals surface area contributed by atoms with E-state index in [2.05, 4.69) is 15.5 Å². The van der Waals surface area contributed by atoms with Crippen LogP contribution in [0.1, 0.15) is 17.9 Å². The Balaban J connectivity index is 1.52. The lowest BCUT2D eigenvalue weighted by molar-refractivity contribution is -0.121. The van der Waals surface area contributed by atoms with Crippen LogP contribution >= 0.6 is 11.3 Å². The molecule has 2 heterocycles. The molecular weight excluding hydrogens is 354 g/mol. The molecule has 0 fully saturated rings. The van der Waals surface area contributed by atoms with E-state index in [1.807, 2.05) is 35.0 Å². The van der Waals surface area contributed by atoms with Crippen molar-refractivity contribution in [1.82, 2.24) is 15.5 Å². The van der Waals surface area contributed by atoms with Crippen molar-refractivity contribution in [2.24, 2.45) is 0 Å². The molecule has 0 saturated carbocycles. The lowest BCUT2D eigenvalue weighted by Gasteiger charge is -2.13. The van der Waals surface area contributed by atoms with Crippen LogP contribution in [0.5, 0.6) is 11.5 Å². The number of nitrogens with zero attached hydrogens (tertiary/aromatic N) is 2. The van der Waals surface area contributed by atoms with Crippen molar-refractivity contribution in [3.8, 4) is 22.9 Å². The number of carbonyl (C=O) groups is 1. The molecule has 0 unspecified atom stereocenters. The zero-order valence-electron chi connectivity index (χ0n) is 14.5. The van der Waals surface area contributed by atoms with Gasteiger partial charge in [0, 0.05) is 35.9 Å². The zero-order chi connectivity index (χ0) is 18.4. The fourth-order valence-corrected chi connectivity index (χ4v) is 3.10. The Morgan fingerprint density at radius 1 is 1.27 bits per heavy atom. The summed E-state index contributed by atoms with van der Waals surface area (Å²) in [7, 11) is 3.15. The molecular formula is C18H19N3O4S. The maximum atomic E-state index is 12.1. The van der Waals surface area contributed by atoms with E-state index in [-0.39, 0.29) is 12.3 Å². The molecule has 3 rings (SSSR count). The standard InChI is InChI=1S/C18H19N3O4S/c1-23-14-5-3-4-12(17(14)24-2)10-19-15(22)6-7-16-20-18(21-25-16)13-8-9-26-11-13/h3-5,8-9,11H,6-7,10H2,1-2H3,(H,19,22). The molecule has 0 aliphatic carbocycles. The van der Waals surface area contributed by atoms with Gasteiger partial charge in [-0.1, -0.05) is 17.3 Å². The van der Waals surface area contributed by atoms with Crippen molar-refractivity contribution in [3.63, 3.8) is 0 Å². The van der Waals surface area contributed by atoms with Gasteiger partial charge in [0.25, 0.3) is 0 Å². The van der Waals surface area contributed by atoms with Crippen LogP contribution in [0, 0.1) is 0 Å². The van der Waals surface area contributed by atoms with E-state index in [1.54, 1.807) is 25.6 Å². The third-order valence-electron chi connectivity index (χ3n) is 3.77. The van der Waals surface area contributed by atoms with Gasteiger partial charge in [-0.2, -0.15) is 16.3 Å². The van der Waals surface area contributed by atoms with E-state index in [1.165, 1.54) is 0 Å². The number of rotatable bonds is 8. The van der Waals surface area contributed by atoms with Gasteiger partial charge in [-0.3, -0.25) is 4.79 Å². The summed E-state index contributed by atoms with van der Waals surface area (Å²) in [6.45, 7) is 0.350.